The standard InChI is InChI=1S/C23H35NO6/c1-15(2)17-9-11-23(3,12-10-17)30-21(25)18(24-22(26)29-6)13-16-7-8-19(27-4)20(14-16)28-5/h7-8,14-15,17-18H,9-13H2,1-6H3,(H,24,26)/t17?,18-,23?/m1/s1. The summed E-state index contributed by atoms with van der Waals surface area (Å²) < 4.78 is 21.2. The zero-order chi connectivity index (χ0) is 22.3. The van der Waals surface area contributed by atoms with Gasteiger partial charge in [0, 0.05) is 6.42 Å². The summed E-state index contributed by atoms with van der Waals surface area (Å²) in [6.07, 6.45) is 3.29. The molecule has 0 heterocycles. The summed E-state index contributed by atoms with van der Waals surface area (Å²) in [5.74, 6) is 1.98. The highest BCUT2D eigenvalue weighted by Gasteiger charge is 2.37. The third-order valence-corrected chi connectivity index (χ3v) is 6.03. The summed E-state index contributed by atoms with van der Waals surface area (Å²) >= 11 is 0. The molecule has 1 saturated carbocycles. The van der Waals surface area contributed by atoms with E-state index in [0.717, 1.165) is 31.2 Å². The minimum absolute atomic E-state index is 0.249. The van der Waals surface area contributed by atoms with E-state index in [2.05, 4.69) is 19.2 Å². The van der Waals surface area contributed by atoms with E-state index in [4.69, 9.17) is 18.9 Å². The highest BCUT2D eigenvalue weighted by Crippen LogP contribution is 2.38. The topological polar surface area (TPSA) is 83.1 Å². The van der Waals surface area contributed by atoms with Crippen LogP contribution in [0, 0.1) is 11.8 Å². The Bertz CT molecular complexity index is 724. The van der Waals surface area contributed by atoms with Gasteiger partial charge in [-0.1, -0.05) is 19.9 Å². The number of benzene rings is 1. The van der Waals surface area contributed by atoms with Gasteiger partial charge in [0.1, 0.15) is 11.6 Å². The minimum Gasteiger partial charge on any atom is -0.493 e. The van der Waals surface area contributed by atoms with E-state index >= 15 is 0 Å². The third-order valence-electron chi connectivity index (χ3n) is 6.03. The molecule has 1 atom stereocenters. The molecule has 1 fully saturated rings. The Hall–Kier alpha value is -2.44. The largest absolute Gasteiger partial charge is 0.493 e. The first-order chi connectivity index (χ1) is 14.2. The lowest BCUT2D eigenvalue weighted by Gasteiger charge is -2.39. The van der Waals surface area contributed by atoms with Crippen molar-refractivity contribution in [2.45, 2.75) is 64.5 Å². The van der Waals surface area contributed by atoms with Gasteiger partial charge >= 0.3 is 12.1 Å². The Kier molecular flexibility index (Phi) is 8.38. The quantitative estimate of drug-likeness (QED) is 0.636. The van der Waals surface area contributed by atoms with Crippen LogP contribution < -0.4 is 14.8 Å². The summed E-state index contributed by atoms with van der Waals surface area (Å²) in [7, 11) is 4.38. The van der Waals surface area contributed by atoms with Crippen LogP contribution in [0.25, 0.3) is 0 Å². The van der Waals surface area contributed by atoms with Crippen molar-refractivity contribution in [3.8, 4) is 11.5 Å². The van der Waals surface area contributed by atoms with Gasteiger partial charge in [-0.15, -0.1) is 0 Å². The zero-order valence-corrected chi connectivity index (χ0v) is 18.9. The average Bonchev–Trinajstić information content (AvgIpc) is 2.72. The molecule has 0 bridgehead atoms. The smallest absolute Gasteiger partial charge is 0.407 e. The number of nitrogens with one attached hydrogen (secondary N) is 1. The molecule has 7 nitrogen and oxygen atoms in total. The Morgan fingerprint density at radius 3 is 2.27 bits per heavy atom. The molecule has 1 amide bonds. The lowest BCUT2D eigenvalue weighted by molar-refractivity contribution is -0.164. The molecule has 1 aromatic carbocycles. The number of methoxy groups -OCH3 is 3. The van der Waals surface area contributed by atoms with Gasteiger partial charge in [0.05, 0.1) is 21.3 Å². The zero-order valence-electron chi connectivity index (χ0n) is 18.9. The molecule has 1 aliphatic rings. The lowest BCUT2D eigenvalue weighted by atomic mass is 9.75. The highest BCUT2D eigenvalue weighted by atomic mass is 16.6. The molecule has 1 aromatic rings. The molecule has 7 heteroatoms. The monoisotopic (exact) mass is 421 g/mol. The third kappa shape index (κ3) is 6.28. The van der Waals surface area contributed by atoms with Gasteiger partial charge in [-0.3, -0.25) is 0 Å². The second kappa shape index (κ2) is 10.5. The van der Waals surface area contributed by atoms with Crippen molar-refractivity contribution in [3.05, 3.63) is 23.8 Å². The lowest BCUT2D eigenvalue weighted by Crippen LogP contribution is -2.47. The molecular formula is C23H35NO6. The van der Waals surface area contributed by atoms with E-state index in [0.29, 0.717) is 23.3 Å². The predicted molar refractivity (Wildman–Crippen MR) is 114 cm³/mol. The SMILES string of the molecule is COC(=O)N[C@H](Cc1ccc(OC)c(OC)c1)C(=O)OC1(C)CCC(C(C)C)CC1. The summed E-state index contributed by atoms with van der Waals surface area (Å²) in [6.45, 7) is 6.45. The van der Waals surface area contributed by atoms with Gasteiger partial charge in [-0.2, -0.15) is 0 Å². The average molecular weight is 422 g/mol. The van der Waals surface area contributed by atoms with E-state index in [-0.39, 0.29) is 6.42 Å². The number of alkyl carbamates (subject to hydrolysis) is 1. The number of carbonyl (C=O) groups excluding carboxylic acids is 2. The molecule has 0 aromatic heterocycles. The van der Waals surface area contributed by atoms with Gasteiger partial charge in [0.15, 0.2) is 11.5 Å². The molecule has 0 unspecified atom stereocenters. The molecule has 0 spiro atoms. The maximum atomic E-state index is 13.0. The normalized spacial score (nSPS) is 22.2. The Balaban J connectivity index is 2.12. The Morgan fingerprint density at radius 1 is 1.10 bits per heavy atom. The van der Waals surface area contributed by atoms with Gasteiger partial charge in [-0.25, -0.2) is 9.59 Å². The first-order valence-corrected chi connectivity index (χ1v) is 10.5. The van der Waals surface area contributed by atoms with Gasteiger partial charge in [0.2, 0.25) is 0 Å². The van der Waals surface area contributed by atoms with E-state index in [1.165, 1.54) is 7.11 Å². The number of amides is 1. The van der Waals surface area contributed by atoms with Gasteiger partial charge in [-0.05, 0) is 62.1 Å². The van der Waals surface area contributed by atoms with Crippen molar-refractivity contribution >= 4 is 12.1 Å². The van der Waals surface area contributed by atoms with Crippen molar-refractivity contribution in [1.82, 2.24) is 5.32 Å². The molecule has 1 N–H and O–H groups in total. The van der Waals surface area contributed by atoms with Crippen LogP contribution in [0.2, 0.25) is 0 Å². The van der Waals surface area contributed by atoms with Gasteiger partial charge < -0.3 is 24.3 Å². The fourth-order valence-electron chi connectivity index (χ4n) is 3.97. The van der Waals surface area contributed by atoms with Crippen molar-refractivity contribution in [2.75, 3.05) is 21.3 Å². The van der Waals surface area contributed by atoms with Crippen LogP contribution in [0.15, 0.2) is 18.2 Å². The maximum Gasteiger partial charge on any atom is 0.407 e. The van der Waals surface area contributed by atoms with Crippen LogP contribution in [0.3, 0.4) is 0 Å². The van der Waals surface area contributed by atoms with E-state index < -0.39 is 23.7 Å². The summed E-state index contributed by atoms with van der Waals surface area (Å²) in [5, 5.41) is 2.61. The first-order valence-electron chi connectivity index (χ1n) is 10.5. The summed E-state index contributed by atoms with van der Waals surface area (Å²) in [6, 6.07) is 4.52. The molecule has 168 valence electrons. The molecule has 30 heavy (non-hydrogen) atoms. The van der Waals surface area contributed by atoms with Crippen LogP contribution >= 0.6 is 0 Å². The molecule has 0 saturated heterocycles. The Labute approximate surface area is 179 Å². The van der Waals surface area contributed by atoms with Crippen molar-refractivity contribution in [1.29, 1.82) is 0 Å². The van der Waals surface area contributed by atoms with Crippen molar-refractivity contribution in [3.63, 3.8) is 0 Å². The maximum absolute atomic E-state index is 13.0. The fourth-order valence-corrected chi connectivity index (χ4v) is 3.97. The number of rotatable bonds is 8. The van der Waals surface area contributed by atoms with Crippen LogP contribution in [-0.2, 0) is 20.7 Å². The summed E-state index contributed by atoms with van der Waals surface area (Å²) in [5.41, 5.74) is 0.288. The van der Waals surface area contributed by atoms with Crippen LogP contribution in [0.1, 0.15) is 52.0 Å². The van der Waals surface area contributed by atoms with Crippen molar-refractivity contribution in [2.24, 2.45) is 11.8 Å². The molecule has 0 aliphatic heterocycles. The highest BCUT2D eigenvalue weighted by molar-refractivity contribution is 5.82. The molecular weight excluding hydrogens is 386 g/mol. The number of ether oxygens (including phenoxy) is 4. The van der Waals surface area contributed by atoms with E-state index in [1.807, 2.05) is 13.0 Å². The van der Waals surface area contributed by atoms with Crippen LogP contribution in [0.4, 0.5) is 4.79 Å². The summed E-state index contributed by atoms with van der Waals surface area (Å²) in [4.78, 5) is 24.9. The second-order valence-electron chi connectivity index (χ2n) is 8.53. The van der Waals surface area contributed by atoms with E-state index in [1.54, 1.807) is 26.4 Å². The number of hydrogen-bond donors (Lipinski definition) is 1. The van der Waals surface area contributed by atoms with Crippen LogP contribution in [0.5, 0.6) is 11.5 Å². The number of hydrogen-bond acceptors (Lipinski definition) is 6. The second-order valence-corrected chi connectivity index (χ2v) is 8.53. The molecule has 1 aliphatic carbocycles. The number of carbonyl (C=O) groups is 2. The van der Waals surface area contributed by atoms with Crippen molar-refractivity contribution < 1.29 is 28.5 Å². The minimum atomic E-state index is -0.866. The first kappa shape index (κ1) is 23.8. The predicted octanol–water partition coefficient (Wildman–Crippen LogP) is 4.12. The van der Waals surface area contributed by atoms with Gasteiger partial charge in [0.25, 0.3) is 0 Å². The fraction of sp³-hybridized carbons (Fsp3) is 0.652. The van der Waals surface area contributed by atoms with E-state index in [9.17, 15) is 9.59 Å². The molecule has 2 rings (SSSR count). The molecule has 0 radical (unpaired) electrons. The Morgan fingerprint density at radius 2 is 1.73 bits per heavy atom. The van der Waals surface area contributed by atoms with Crippen LogP contribution in [-0.4, -0.2) is 45.0 Å². The number of esters is 1.